The van der Waals surface area contributed by atoms with Crippen molar-refractivity contribution in [2.24, 2.45) is 7.05 Å². The van der Waals surface area contributed by atoms with Crippen molar-refractivity contribution in [1.82, 2.24) is 9.78 Å². The van der Waals surface area contributed by atoms with Gasteiger partial charge in [-0.3, -0.25) is 4.68 Å². The van der Waals surface area contributed by atoms with Gasteiger partial charge in [-0.05, 0) is 22.0 Å². The Kier molecular flexibility index (Phi) is 1.70. The van der Waals surface area contributed by atoms with E-state index in [-0.39, 0.29) is 0 Å². The van der Waals surface area contributed by atoms with Gasteiger partial charge in [0.25, 0.3) is 0 Å². The summed E-state index contributed by atoms with van der Waals surface area (Å²) in [4.78, 5) is 1.10. The highest BCUT2D eigenvalue weighted by atomic mass is 79.9. The number of rotatable bonds is 0. The summed E-state index contributed by atoms with van der Waals surface area (Å²) >= 11 is 10.9. The first kappa shape index (κ1) is 7.58. The number of halogens is 2. The van der Waals surface area contributed by atoms with Gasteiger partial charge in [0.2, 0.25) is 0 Å². The van der Waals surface area contributed by atoms with Crippen molar-refractivity contribution < 1.29 is 0 Å². The minimum Gasteiger partial charge on any atom is -0.256 e. The topological polar surface area (TPSA) is 17.8 Å². The van der Waals surface area contributed by atoms with E-state index < -0.39 is 0 Å². The fraction of sp³-hybridized carbons (Fsp3) is 0.167. The molecular formula is C6H4BrClN2S. The molecule has 5 heteroatoms. The molecule has 2 aromatic rings. The van der Waals surface area contributed by atoms with Gasteiger partial charge < -0.3 is 0 Å². The molecule has 2 nitrogen and oxygen atoms in total. The van der Waals surface area contributed by atoms with E-state index in [1.165, 1.54) is 0 Å². The minimum absolute atomic E-state index is 0.574. The normalized spacial score (nSPS) is 11.2. The molecule has 0 spiro atoms. The Labute approximate surface area is 80.9 Å². The smallest absolute Gasteiger partial charge is 0.159 e. The van der Waals surface area contributed by atoms with E-state index in [0.29, 0.717) is 5.15 Å². The lowest BCUT2D eigenvalue weighted by atomic mass is 10.5. The van der Waals surface area contributed by atoms with Crippen molar-refractivity contribution in [2.45, 2.75) is 0 Å². The number of aryl methyl sites for hydroxylation is 1. The molecule has 2 rings (SSSR count). The number of hydrogen-bond donors (Lipinski definition) is 0. The van der Waals surface area contributed by atoms with Crippen LogP contribution in [0.15, 0.2) is 9.85 Å². The molecule has 11 heavy (non-hydrogen) atoms. The van der Waals surface area contributed by atoms with Crippen molar-refractivity contribution in [3.8, 4) is 0 Å². The van der Waals surface area contributed by atoms with Crippen LogP contribution in [0.2, 0.25) is 5.15 Å². The Morgan fingerprint density at radius 1 is 1.73 bits per heavy atom. The maximum atomic E-state index is 5.85. The molecular weight excluding hydrogens is 248 g/mol. The molecule has 0 aliphatic carbocycles. The minimum atomic E-state index is 0.574. The van der Waals surface area contributed by atoms with Crippen LogP contribution in [0.25, 0.3) is 10.2 Å². The molecule has 0 fully saturated rings. The van der Waals surface area contributed by atoms with Crippen LogP contribution in [0.3, 0.4) is 0 Å². The molecule has 58 valence electrons. The lowest BCUT2D eigenvalue weighted by Gasteiger charge is -1.84. The number of fused-ring (bicyclic) bond motifs is 1. The third-order valence-electron chi connectivity index (χ3n) is 1.44. The summed E-state index contributed by atoms with van der Waals surface area (Å²) in [6.45, 7) is 0. The fourth-order valence-electron chi connectivity index (χ4n) is 0.971. The van der Waals surface area contributed by atoms with Crippen molar-refractivity contribution in [1.29, 1.82) is 0 Å². The Bertz CT molecular complexity index is 371. The van der Waals surface area contributed by atoms with Crippen LogP contribution in [0.1, 0.15) is 0 Å². The molecule has 2 aromatic heterocycles. The number of aromatic nitrogens is 2. The van der Waals surface area contributed by atoms with Crippen LogP contribution in [0.5, 0.6) is 0 Å². The Morgan fingerprint density at radius 2 is 2.45 bits per heavy atom. The highest BCUT2D eigenvalue weighted by Crippen LogP contribution is 2.33. The second-order valence-corrected chi connectivity index (χ2v) is 4.95. The maximum absolute atomic E-state index is 5.85. The van der Waals surface area contributed by atoms with E-state index in [9.17, 15) is 0 Å². The summed E-state index contributed by atoms with van der Waals surface area (Å²) in [6, 6.07) is 1.98. The predicted octanol–water partition coefficient (Wildman–Crippen LogP) is 3.05. The van der Waals surface area contributed by atoms with Crippen molar-refractivity contribution in [3.63, 3.8) is 0 Å². The van der Waals surface area contributed by atoms with Gasteiger partial charge in [-0.25, -0.2) is 0 Å². The first-order chi connectivity index (χ1) is 5.18. The Morgan fingerprint density at radius 3 is 3.09 bits per heavy atom. The van der Waals surface area contributed by atoms with E-state index in [1.54, 1.807) is 16.0 Å². The van der Waals surface area contributed by atoms with E-state index in [4.69, 9.17) is 11.6 Å². The molecule has 0 unspecified atom stereocenters. The SMILES string of the molecule is Cn1nc(Cl)c2cc(Br)sc21. The molecule has 0 radical (unpaired) electrons. The summed E-state index contributed by atoms with van der Waals surface area (Å²) in [7, 11) is 1.89. The van der Waals surface area contributed by atoms with Gasteiger partial charge in [0.1, 0.15) is 4.83 Å². The molecule has 0 saturated heterocycles. The monoisotopic (exact) mass is 250 g/mol. The van der Waals surface area contributed by atoms with Crippen molar-refractivity contribution >= 4 is 49.1 Å². The molecule has 0 aliphatic heterocycles. The second kappa shape index (κ2) is 2.47. The molecule has 0 atom stereocenters. The van der Waals surface area contributed by atoms with Crippen LogP contribution in [-0.2, 0) is 7.05 Å². The van der Waals surface area contributed by atoms with Gasteiger partial charge in [-0.15, -0.1) is 11.3 Å². The molecule has 0 aliphatic rings. The lowest BCUT2D eigenvalue weighted by molar-refractivity contribution is 0.803. The molecule has 0 amide bonds. The summed E-state index contributed by atoms with van der Waals surface area (Å²) in [6.07, 6.45) is 0. The third kappa shape index (κ3) is 1.09. The summed E-state index contributed by atoms with van der Waals surface area (Å²) in [5.41, 5.74) is 0. The van der Waals surface area contributed by atoms with Crippen LogP contribution >= 0.6 is 38.9 Å². The van der Waals surface area contributed by atoms with Gasteiger partial charge in [0.15, 0.2) is 5.15 Å². The molecule has 0 saturated carbocycles. The number of hydrogen-bond acceptors (Lipinski definition) is 2. The molecule has 0 bridgehead atoms. The largest absolute Gasteiger partial charge is 0.256 e. The highest BCUT2D eigenvalue weighted by Gasteiger charge is 2.08. The zero-order valence-electron chi connectivity index (χ0n) is 5.64. The van der Waals surface area contributed by atoms with Crippen LogP contribution in [0.4, 0.5) is 0 Å². The quantitative estimate of drug-likeness (QED) is 0.704. The molecule has 0 aromatic carbocycles. The van der Waals surface area contributed by atoms with Gasteiger partial charge in [0.05, 0.1) is 9.17 Å². The number of thiophene rings is 1. The van der Waals surface area contributed by atoms with E-state index in [1.807, 2.05) is 13.1 Å². The van der Waals surface area contributed by atoms with Crippen LogP contribution in [-0.4, -0.2) is 9.78 Å². The summed E-state index contributed by atoms with van der Waals surface area (Å²) in [5.74, 6) is 0. The van der Waals surface area contributed by atoms with E-state index in [2.05, 4.69) is 21.0 Å². The average Bonchev–Trinajstić information content (AvgIpc) is 2.38. The highest BCUT2D eigenvalue weighted by molar-refractivity contribution is 9.11. The fourth-order valence-corrected chi connectivity index (χ4v) is 2.77. The zero-order chi connectivity index (χ0) is 8.01. The van der Waals surface area contributed by atoms with E-state index >= 15 is 0 Å². The standard InChI is InChI=1S/C6H4BrClN2S/c1-10-6-3(5(8)9-10)2-4(7)11-6/h2H,1H3. The van der Waals surface area contributed by atoms with Crippen molar-refractivity contribution in [3.05, 3.63) is 15.0 Å². The lowest BCUT2D eigenvalue weighted by Crippen LogP contribution is -1.86. The van der Waals surface area contributed by atoms with Gasteiger partial charge in [0, 0.05) is 7.05 Å². The van der Waals surface area contributed by atoms with Crippen LogP contribution < -0.4 is 0 Å². The van der Waals surface area contributed by atoms with Gasteiger partial charge in [-0.1, -0.05) is 11.6 Å². The van der Waals surface area contributed by atoms with Crippen molar-refractivity contribution in [2.75, 3.05) is 0 Å². The van der Waals surface area contributed by atoms with Gasteiger partial charge in [-0.2, -0.15) is 5.10 Å². The summed E-state index contributed by atoms with van der Waals surface area (Å²) < 4.78 is 2.87. The van der Waals surface area contributed by atoms with Crippen LogP contribution in [0, 0.1) is 0 Å². The average molecular weight is 252 g/mol. The maximum Gasteiger partial charge on any atom is 0.159 e. The molecule has 2 heterocycles. The summed E-state index contributed by atoms with van der Waals surface area (Å²) in [5, 5.41) is 5.66. The Balaban J connectivity index is 2.92. The van der Waals surface area contributed by atoms with Gasteiger partial charge >= 0.3 is 0 Å². The third-order valence-corrected chi connectivity index (χ3v) is 3.42. The number of nitrogens with zero attached hydrogens (tertiary/aromatic N) is 2. The zero-order valence-corrected chi connectivity index (χ0v) is 8.79. The second-order valence-electron chi connectivity index (χ2n) is 2.18. The first-order valence-corrected chi connectivity index (χ1v) is 4.95. The molecule has 0 N–H and O–H groups in total. The first-order valence-electron chi connectivity index (χ1n) is 2.96. The predicted molar refractivity (Wildman–Crippen MR) is 51.3 cm³/mol. The van der Waals surface area contributed by atoms with E-state index in [0.717, 1.165) is 14.0 Å². The Hall–Kier alpha value is -0.0600.